The summed E-state index contributed by atoms with van der Waals surface area (Å²) < 4.78 is 0.847. The Labute approximate surface area is 135 Å². The number of carboxylic acids is 1. The quantitative estimate of drug-likeness (QED) is 0.672. The summed E-state index contributed by atoms with van der Waals surface area (Å²) in [6, 6.07) is 4.80. The van der Waals surface area contributed by atoms with E-state index in [0.29, 0.717) is 30.0 Å². The molecule has 1 aromatic rings. The Bertz CT molecular complexity index is 538. The van der Waals surface area contributed by atoms with Gasteiger partial charge in [-0.1, -0.05) is 11.6 Å². The molecule has 2 unspecified atom stereocenters. The number of carbonyl (C=O) groups is 2. The van der Waals surface area contributed by atoms with E-state index >= 15 is 0 Å². The second-order valence-corrected chi connectivity index (χ2v) is 6.37. The lowest BCUT2D eigenvalue weighted by Gasteiger charge is -2.14. The van der Waals surface area contributed by atoms with Gasteiger partial charge in [-0.2, -0.15) is 0 Å². The van der Waals surface area contributed by atoms with Crippen molar-refractivity contribution in [3.63, 3.8) is 0 Å². The van der Waals surface area contributed by atoms with Crippen molar-refractivity contribution >= 4 is 51.9 Å². The first-order valence-electron chi connectivity index (χ1n) is 6.21. The number of benzene rings is 1. The molecule has 3 N–H and O–H groups in total. The van der Waals surface area contributed by atoms with Gasteiger partial charge in [0.25, 0.3) is 0 Å². The molecule has 0 aromatic heterocycles. The molecule has 0 aliphatic heterocycles. The monoisotopic (exact) mass is 408 g/mol. The molecule has 0 bridgehead atoms. The normalized spacial score (nSPS) is 21.5. The van der Waals surface area contributed by atoms with Gasteiger partial charge in [0.05, 0.1) is 11.6 Å². The van der Waals surface area contributed by atoms with Crippen LogP contribution in [-0.4, -0.2) is 23.1 Å². The summed E-state index contributed by atoms with van der Waals surface area (Å²) in [5.74, 6) is -1.14. The van der Waals surface area contributed by atoms with Gasteiger partial charge in [-0.05, 0) is 60.1 Å². The average molecular weight is 409 g/mol. The third-order valence-electron chi connectivity index (χ3n) is 3.30. The molecule has 2 amide bonds. The Kier molecular flexibility index (Phi) is 5.09. The fourth-order valence-corrected chi connectivity index (χ4v) is 3.28. The number of carbonyl (C=O) groups excluding carboxylic acids is 1. The fraction of sp³-hybridized carbons (Fsp3) is 0.385. The summed E-state index contributed by atoms with van der Waals surface area (Å²) >= 11 is 7.94. The number of amides is 2. The Morgan fingerprint density at radius 2 is 2.10 bits per heavy atom. The van der Waals surface area contributed by atoms with Gasteiger partial charge in [0.2, 0.25) is 0 Å². The molecule has 1 aliphatic carbocycles. The average Bonchev–Trinajstić information content (AvgIpc) is 2.81. The van der Waals surface area contributed by atoms with Crippen LogP contribution in [0.5, 0.6) is 0 Å². The van der Waals surface area contributed by atoms with Gasteiger partial charge < -0.3 is 15.7 Å². The molecule has 2 rings (SSSR count). The number of rotatable bonds is 3. The largest absolute Gasteiger partial charge is 0.481 e. The lowest BCUT2D eigenvalue weighted by atomic mass is 10.1. The van der Waals surface area contributed by atoms with E-state index in [1.54, 1.807) is 18.2 Å². The zero-order valence-electron chi connectivity index (χ0n) is 10.5. The molecule has 0 saturated heterocycles. The summed E-state index contributed by atoms with van der Waals surface area (Å²) in [5, 5.41) is 15.1. The smallest absolute Gasteiger partial charge is 0.319 e. The number of carboxylic acid groups (broad SMARTS) is 1. The Morgan fingerprint density at radius 3 is 2.70 bits per heavy atom. The molecule has 1 aromatic carbocycles. The van der Waals surface area contributed by atoms with E-state index < -0.39 is 5.97 Å². The van der Waals surface area contributed by atoms with Crippen LogP contribution in [0.3, 0.4) is 0 Å². The summed E-state index contributed by atoms with van der Waals surface area (Å²) in [7, 11) is 0. The fourth-order valence-electron chi connectivity index (χ4n) is 2.27. The van der Waals surface area contributed by atoms with Gasteiger partial charge in [-0.3, -0.25) is 4.79 Å². The highest BCUT2D eigenvalue weighted by Crippen LogP contribution is 2.26. The first-order valence-corrected chi connectivity index (χ1v) is 7.66. The van der Waals surface area contributed by atoms with Gasteiger partial charge in [-0.25, -0.2) is 4.79 Å². The second kappa shape index (κ2) is 6.62. The van der Waals surface area contributed by atoms with Crippen molar-refractivity contribution in [3.05, 3.63) is 26.8 Å². The van der Waals surface area contributed by atoms with Crippen LogP contribution in [0.25, 0.3) is 0 Å². The van der Waals surface area contributed by atoms with Crippen LogP contribution in [0.2, 0.25) is 5.02 Å². The van der Waals surface area contributed by atoms with Crippen molar-refractivity contribution in [1.29, 1.82) is 0 Å². The number of hydrogen-bond donors (Lipinski definition) is 3. The Balaban J connectivity index is 1.88. The highest BCUT2D eigenvalue weighted by molar-refractivity contribution is 14.1. The minimum absolute atomic E-state index is 0.0824. The Hall–Kier alpha value is -1.02. The molecule has 0 radical (unpaired) electrons. The van der Waals surface area contributed by atoms with E-state index in [2.05, 4.69) is 33.2 Å². The minimum atomic E-state index is -0.790. The van der Waals surface area contributed by atoms with Gasteiger partial charge in [-0.15, -0.1) is 0 Å². The van der Waals surface area contributed by atoms with Crippen molar-refractivity contribution in [2.45, 2.75) is 25.3 Å². The maximum absolute atomic E-state index is 11.9. The van der Waals surface area contributed by atoms with E-state index in [-0.39, 0.29) is 18.0 Å². The van der Waals surface area contributed by atoms with Crippen LogP contribution in [0, 0.1) is 9.49 Å². The molecule has 1 saturated carbocycles. The number of nitrogens with one attached hydrogen (secondary N) is 2. The minimum Gasteiger partial charge on any atom is -0.481 e. The van der Waals surface area contributed by atoms with Crippen LogP contribution >= 0.6 is 34.2 Å². The first-order chi connectivity index (χ1) is 9.45. The molecule has 20 heavy (non-hydrogen) atoms. The van der Waals surface area contributed by atoms with Crippen molar-refractivity contribution in [2.24, 2.45) is 5.92 Å². The predicted octanol–water partition coefficient (Wildman–Crippen LogP) is 3.32. The summed E-state index contributed by atoms with van der Waals surface area (Å²) in [5.41, 5.74) is 0.681. The maximum Gasteiger partial charge on any atom is 0.319 e. The van der Waals surface area contributed by atoms with Crippen molar-refractivity contribution in [2.75, 3.05) is 5.32 Å². The summed E-state index contributed by atoms with van der Waals surface area (Å²) in [6.45, 7) is 0. The van der Waals surface area contributed by atoms with Crippen molar-refractivity contribution in [1.82, 2.24) is 5.32 Å². The van der Waals surface area contributed by atoms with E-state index in [0.717, 1.165) is 3.57 Å². The number of hydrogen-bond acceptors (Lipinski definition) is 2. The second-order valence-electron chi connectivity index (χ2n) is 4.77. The first kappa shape index (κ1) is 15.4. The summed E-state index contributed by atoms with van der Waals surface area (Å²) in [6.07, 6.45) is 1.79. The number of halogens is 2. The molecule has 2 atom stereocenters. The van der Waals surface area contributed by atoms with E-state index in [1.165, 1.54) is 0 Å². The highest BCUT2D eigenvalue weighted by Gasteiger charge is 2.30. The molecule has 1 aliphatic rings. The van der Waals surface area contributed by atoms with Gasteiger partial charge in [0.1, 0.15) is 0 Å². The molecule has 0 spiro atoms. The Morgan fingerprint density at radius 1 is 1.35 bits per heavy atom. The SMILES string of the molecule is O=C(Nc1ccc(Cl)cc1I)NC1CCC(C(=O)O)C1. The number of anilines is 1. The number of aliphatic carboxylic acids is 1. The van der Waals surface area contributed by atoms with Crippen molar-refractivity contribution < 1.29 is 14.7 Å². The topological polar surface area (TPSA) is 78.4 Å². The van der Waals surface area contributed by atoms with Crippen LogP contribution in [0.15, 0.2) is 18.2 Å². The molecular weight excluding hydrogens is 395 g/mol. The van der Waals surface area contributed by atoms with E-state index in [9.17, 15) is 9.59 Å². The lowest BCUT2D eigenvalue weighted by molar-refractivity contribution is -0.141. The molecule has 108 valence electrons. The molecule has 1 fully saturated rings. The van der Waals surface area contributed by atoms with Crippen molar-refractivity contribution in [3.8, 4) is 0 Å². The van der Waals surface area contributed by atoms with Gasteiger partial charge in [0, 0.05) is 14.6 Å². The molecule has 0 heterocycles. The zero-order valence-corrected chi connectivity index (χ0v) is 13.4. The van der Waals surface area contributed by atoms with Crippen LogP contribution in [0.1, 0.15) is 19.3 Å². The van der Waals surface area contributed by atoms with Crippen LogP contribution < -0.4 is 10.6 Å². The zero-order chi connectivity index (χ0) is 14.7. The maximum atomic E-state index is 11.9. The number of urea groups is 1. The van der Waals surface area contributed by atoms with Gasteiger partial charge >= 0.3 is 12.0 Å². The van der Waals surface area contributed by atoms with Gasteiger partial charge in [0.15, 0.2) is 0 Å². The lowest BCUT2D eigenvalue weighted by Crippen LogP contribution is -2.36. The molecular formula is C13H14ClIN2O3. The van der Waals surface area contributed by atoms with Crippen LogP contribution in [-0.2, 0) is 4.79 Å². The predicted molar refractivity (Wildman–Crippen MR) is 85.1 cm³/mol. The third-order valence-corrected chi connectivity index (χ3v) is 4.42. The standard InChI is InChI=1S/C13H14ClIN2O3/c14-8-2-4-11(10(15)6-8)17-13(20)16-9-3-1-7(5-9)12(18)19/h2,4,6-7,9H,1,3,5H2,(H,18,19)(H2,16,17,20). The van der Waals surface area contributed by atoms with Crippen LogP contribution in [0.4, 0.5) is 10.5 Å². The molecule has 7 heteroatoms. The highest BCUT2D eigenvalue weighted by atomic mass is 127. The summed E-state index contributed by atoms with van der Waals surface area (Å²) in [4.78, 5) is 22.7. The van der Waals surface area contributed by atoms with E-state index in [4.69, 9.17) is 16.7 Å². The van der Waals surface area contributed by atoms with E-state index in [1.807, 2.05) is 0 Å². The molecule has 5 nitrogen and oxygen atoms in total. The third kappa shape index (κ3) is 3.99.